The monoisotopic (exact) mass is 328 g/mol. The first kappa shape index (κ1) is 16.6. The Morgan fingerprint density at radius 3 is 2.75 bits per heavy atom. The van der Waals surface area contributed by atoms with Gasteiger partial charge in [-0.3, -0.25) is 4.79 Å². The summed E-state index contributed by atoms with van der Waals surface area (Å²) in [6, 6.07) is 12.0. The molecule has 0 radical (unpaired) electrons. The van der Waals surface area contributed by atoms with E-state index in [2.05, 4.69) is 4.98 Å². The summed E-state index contributed by atoms with van der Waals surface area (Å²) in [6.07, 6.45) is 2.20. The van der Waals surface area contributed by atoms with E-state index in [4.69, 9.17) is 4.74 Å². The Labute approximate surface area is 141 Å². The highest BCUT2D eigenvalue weighted by Gasteiger charge is 2.24. The van der Waals surface area contributed by atoms with Crippen molar-refractivity contribution in [3.63, 3.8) is 0 Å². The Bertz CT molecular complexity index is 714. The van der Waals surface area contributed by atoms with Gasteiger partial charge in [0.2, 0.25) is 0 Å². The molecule has 4 nitrogen and oxygen atoms in total. The van der Waals surface area contributed by atoms with Gasteiger partial charge in [-0.05, 0) is 42.7 Å². The van der Waals surface area contributed by atoms with E-state index >= 15 is 0 Å². The maximum absolute atomic E-state index is 13.3. The van der Waals surface area contributed by atoms with E-state index in [0.29, 0.717) is 25.3 Å². The third-order valence-electron chi connectivity index (χ3n) is 4.36. The normalized spacial score (nSPS) is 15.2. The molecule has 0 saturated carbocycles. The van der Waals surface area contributed by atoms with Crippen LogP contribution in [0.3, 0.4) is 0 Å². The van der Waals surface area contributed by atoms with Gasteiger partial charge in [-0.2, -0.15) is 0 Å². The molecule has 1 fully saturated rings. The van der Waals surface area contributed by atoms with Crippen molar-refractivity contribution in [1.82, 2.24) is 9.88 Å². The average Bonchev–Trinajstić information content (AvgIpc) is 2.61. The fourth-order valence-corrected chi connectivity index (χ4v) is 2.97. The van der Waals surface area contributed by atoms with Crippen molar-refractivity contribution >= 4 is 5.91 Å². The lowest BCUT2D eigenvalue weighted by Crippen LogP contribution is -2.41. The highest BCUT2D eigenvalue weighted by Crippen LogP contribution is 2.16. The molecule has 0 bridgehead atoms. The predicted molar refractivity (Wildman–Crippen MR) is 89.4 cm³/mol. The summed E-state index contributed by atoms with van der Waals surface area (Å²) in [5.41, 5.74) is 2.02. The lowest BCUT2D eigenvalue weighted by atomic mass is 10.1. The second-order valence-electron chi connectivity index (χ2n) is 6.08. The number of carbonyl (C=O) groups excluding carboxylic acids is 1. The largest absolute Gasteiger partial charge is 0.381 e. The summed E-state index contributed by atoms with van der Waals surface area (Å²) >= 11 is 0. The Morgan fingerprint density at radius 1 is 1.25 bits per heavy atom. The fraction of sp³-hybridized carbons (Fsp3) is 0.368. The second-order valence-corrected chi connectivity index (χ2v) is 6.08. The molecule has 0 N–H and O–H groups in total. The van der Waals surface area contributed by atoms with Crippen LogP contribution in [0.4, 0.5) is 4.39 Å². The van der Waals surface area contributed by atoms with Crippen molar-refractivity contribution in [2.24, 2.45) is 0 Å². The van der Waals surface area contributed by atoms with E-state index in [1.165, 1.54) is 12.1 Å². The number of halogens is 1. The van der Waals surface area contributed by atoms with Crippen molar-refractivity contribution in [3.8, 4) is 0 Å². The van der Waals surface area contributed by atoms with Crippen LogP contribution in [0.5, 0.6) is 0 Å². The van der Waals surface area contributed by atoms with Crippen LogP contribution in [0.15, 0.2) is 42.5 Å². The molecule has 1 aromatic carbocycles. The first-order chi connectivity index (χ1) is 11.6. The molecular formula is C19H21FN2O2. The van der Waals surface area contributed by atoms with Crippen LogP contribution < -0.4 is 0 Å². The molecule has 0 atom stereocenters. The molecule has 1 aliphatic heterocycles. The molecule has 1 aliphatic rings. The predicted octanol–water partition coefficient (Wildman–Crippen LogP) is 3.06. The first-order valence-corrected chi connectivity index (χ1v) is 8.19. The molecule has 0 aliphatic carbocycles. The number of carbonyl (C=O) groups is 1. The van der Waals surface area contributed by atoms with E-state index in [-0.39, 0.29) is 17.8 Å². The summed E-state index contributed by atoms with van der Waals surface area (Å²) in [6.45, 7) is 1.38. The quantitative estimate of drug-likeness (QED) is 0.866. The molecule has 3 rings (SSSR count). The Hall–Kier alpha value is -2.27. The van der Waals surface area contributed by atoms with E-state index in [1.807, 2.05) is 25.2 Å². The van der Waals surface area contributed by atoms with Gasteiger partial charge in [-0.25, -0.2) is 9.37 Å². The highest BCUT2D eigenvalue weighted by molar-refractivity contribution is 5.92. The number of rotatable bonds is 4. The van der Waals surface area contributed by atoms with E-state index in [9.17, 15) is 9.18 Å². The van der Waals surface area contributed by atoms with Crippen LogP contribution in [0.25, 0.3) is 0 Å². The molecule has 5 heteroatoms. The molecule has 2 heterocycles. The third-order valence-corrected chi connectivity index (χ3v) is 4.36. The van der Waals surface area contributed by atoms with Gasteiger partial charge in [-0.1, -0.05) is 18.2 Å². The first-order valence-electron chi connectivity index (χ1n) is 8.19. The Balaban J connectivity index is 1.73. The van der Waals surface area contributed by atoms with Gasteiger partial charge >= 0.3 is 0 Å². The lowest BCUT2D eigenvalue weighted by molar-refractivity contribution is 0.0358. The van der Waals surface area contributed by atoms with Crippen LogP contribution in [0.1, 0.15) is 34.6 Å². The molecule has 2 aromatic rings. The molecule has 126 valence electrons. The number of nitrogens with zero attached hydrogens (tertiary/aromatic N) is 2. The van der Waals surface area contributed by atoms with Crippen molar-refractivity contribution in [1.29, 1.82) is 0 Å². The maximum atomic E-state index is 13.3. The van der Waals surface area contributed by atoms with E-state index in [1.54, 1.807) is 17.0 Å². The summed E-state index contributed by atoms with van der Waals surface area (Å²) in [4.78, 5) is 18.9. The summed E-state index contributed by atoms with van der Waals surface area (Å²) in [5.74, 6) is -0.345. The number of aromatic nitrogens is 1. The Morgan fingerprint density at radius 2 is 2.00 bits per heavy atom. The minimum absolute atomic E-state index is 0.0806. The topological polar surface area (TPSA) is 42.4 Å². The van der Waals surface area contributed by atoms with E-state index in [0.717, 1.165) is 24.1 Å². The third kappa shape index (κ3) is 3.97. The number of hydrogen-bond acceptors (Lipinski definition) is 3. The van der Waals surface area contributed by atoms with Crippen LogP contribution in [-0.4, -0.2) is 42.1 Å². The van der Waals surface area contributed by atoms with Gasteiger partial charge in [0.25, 0.3) is 5.91 Å². The van der Waals surface area contributed by atoms with E-state index < -0.39 is 0 Å². The summed E-state index contributed by atoms with van der Waals surface area (Å²) in [5, 5.41) is 0. The lowest BCUT2D eigenvalue weighted by Gasteiger charge is -2.31. The van der Waals surface area contributed by atoms with Crippen molar-refractivity contribution in [2.75, 3.05) is 20.3 Å². The fourth-order valence-electron chi connectivity index (χ4n) is 2.97. The second kappa shape index (κ2) is 7.53. The molecule has 1 amide bonds. The van der Waals surface area contributed by atoms with Crippen LogP contribution in [-0.2, 0) is 11.2 Å². The maximum Gasteiger partial charge on any atom is 0.272 e. The molecule has 1 aromatic heterocycles. The summed E-state index contributed by atoms with van der Waals surface area (Å²) in [7, 11) is 1.82. The number of benzene rings is 1. The molecule has 1 saturated heterocycles. The zero-order valence-electron chi connectivity index (χ0n) is 13.7. The molecule has 0 unspecified atom stereocenters. The number of hydrogen-bond donors (Lipinski definition) is 0. The standard InChI is InChI=1S/C19H21FN2O2/c1-22(17-8-10-24-11-9-17)19(23)18-7-3-6-16(21-18)13-14-4-2-5-15(20)12-14/h2-7,12,17H,8-11,13H2,1H3. The molecule has 24 heavy (non-hydrogen) atoms. The van der Waals surface area contributed by atoms with Gasteiger partial charge < -0.3 is 9.64 Å². The van der Waals surface area contributed by atoms with Crippen LogP contribution in [0, 0.1) is 5.82 Å². The Kier molecular flexibility index (Phi) is 5.20. The van der Waals surface area contributed by atoms with Crippen molar-refractivity contribution < 1.29 is 13.9 Å². The number of amides is 1. The molecule has 0 spiro atoms. The van der Waals surface area contributed by atoms with Gasteiger partial charge in [0.05, 0.1) is 0 Å². The summed E-state index contributed by atoms with van der Waals surface area (Å²) < 4.78 is 18.6. The minimum atomic E-state index is -0.265. The zero-order chi connectivity index (χ0) is 16.9. The van der Waals surface area contributed by atoms with Crippen molar-refractivity contribution in [2.45, 2.75) is 25.3 Å². The average molecular weight is 328 g/mol. The SMILES string of the molecule is CN(C(=O)c1cccc(Cc2cccc(F)c2)n1)C1CCOCC1. The smallest absolute Gasteiger partial charge is 0.272 e. The van der Waals surface area contributed by atoms with Gasteiger partial charge in [0.15, 0.2) is 0 Å². The molecular weight excluding hydrogens is 307 g/mol. The van der Waals surface area contributed by atoms with Gasteiger partial charge in [0.1, 0.15) is 11.5 Å². The minimum Gasteiger partial charge on any atom is -0.381 e. The van der Waals surface area contributed by atoms with Crippen LogP contribution >= 0.6 is 0 Å². The number of ether oxygens (including phenoxy) is 1. The highest BCUT2D eigenvalue weighted by atomic mass is 19.1. The van der Waals surface area contributed by atoms with Crippen molar-refractivity contribution in [3.05, 3.63) is 65.2 Å². The van der Waals surface area contributed by atoms with Crippen LogP contribution in [0.2, 0.25) is 0 Å². The van der Waals surface area contributed by atoms with Gasteiger partial charge in [0, 0.05) is 38.4 Å². The van der Waals surface area contributed by atoms with Gasteiger partial charge in [-0.15, -0.1) is 0 Å². The zero-order valence-corrected chi connectivity index (χ0v) is 13.7. The number of pyridine rings is 1.